The predicted octanol–water partition coefficient (Wildman–Crippen LogP) is 1.81. The van der Waals surface area contributed by atoms with Crippen molar-refractivity contribution in [2.45, 2.75) is 33.4 Å². The summed E-state index contributed by atoms with van der Waals surface area (Å²) in [5.74, 6) is 2.42. The topological polar surface area (TPSA) is 58.1 Å². The third kappa shape index (κ3) is 4.76. The van der Waals surface area contributed by atoms with Crippen LogP contribution in [0.1, 0.15) is 26.3 Å². The van der Waals surface area contributed by atoms with E-state index in [4.69, 9.17) is 9.47 Å². The summed E-state index contributed by atoms with van der Waals surface area (Å²) >= 11 is 0. The number of ether oxygens (including phenoxy) is 2. The Hall–Kier alpha value is -1.95. The van der Waals surface area contributed by atoms with Gasteiger partial charge in [0.15, 0.2) is 17.5 Å². The van der Waals surface area contributed by atoms with Gasteiger partial charge in [0, 0.05) is 26.2 Å². The Labute approximate surface area is 138 Å². The molecule has 0 saturated carbocycles. The Kier molecular flexibility index (Phi) is 6.52. The Morgan fingerprint density at radius 3 is 2.65 bits per heavy atom. The lowest BCUT2D eigenvalue weighted by atomic mass is 10.2. The first-order chi connectivity index (χ1) is 11.2. The average molecular weight is 320 g/mol. The van der Waals surface area contributed by atoms with E-state index in [1.54, 1.807) is 7.05 Å². The lowest BCUT2D eigenvalue weighted by Gasteiger charge is -2.27. The van der Waals surface area contributed by atoms with Crippen LogP contribution in [0, 0.1) is 0 Å². The Balaban J connectivity index is 1.81. The lowest BCUT2D eigenvalue weighted by molar-refractivity contribution is 0.174. The molecule has 0 spiro atoms. The zero-order valence-electron chi connectivity index (χ0n) is 14.6. The summed E-state index contributed by atoms with van der Waals surface area (Å²) in [5.41, 5.74) is 1.13. The van der Waals surface area contributed by atoms with Crippen molar-refractivity contribution in [2.24, 2.45) is 4.99 Å². The van der Waals surface area contributed by atoms with Gasteiger partial charge in [0.05, 0.1) is 0 Å². The monoisotopic (exact) mass is 320 g/mol. The highest BCUT2D eigenvalue weighted by atomic mass is 16.7. The number of rotatable bonds is 7. The summed E-state index contributed by atoms with van der Waals surface area (Å²) in [7, 11) is 1.79. The lowest BCUT2D eigenvalue weighted by Crippen LogP contribution is -2.45. The van der Waals surface area contributed by atoms with Crippen molar-refractivity contribution in [3.05, 3.63) is 23.8 Å². The molecule has 1 aliphatic rings. The minimum Gasteiger partial charge on any atom is -0.454 e. The first-order valence-electron chi connectivity index (χ1n) is 8.25. The van der Waals surface area contributed by atoms with Crippen LogP contribution in [0.4, 0.5) is 0 Å². The number of hydrogen-bond acceptors (Lipinski definition) is 4. The fourth-order valence-electron chi connectivity index (χ4n) is 2.68. The number of benzene rings is 1. The fourth-order valence-corrected chi connectivity index (χ4v) is 2.68. The summed E-state index contributed by atoms with van der Waals surface area (Å²) in [5, 5.41) is 6.71. The normalized spacial score (nSPS) is 14.9. The van der Waals surface area contributed by atoms with Gasteiger partial charge in [-0.3, -0.25) is 9.89 Å². The largest absolute Gasteiger partial charge is 0.454 e. The van der Waals surface area contributed by atoms with Gasteiger partial charge in [0.2, 0.25) is 6.79 Å². The number of aliphatic imine (C=N–C) groups is 1. The van der Waals surface area contributed by atoms with Gasteiger partial charge in [0.1, 0.15) is 0 Å². The highest BCUT2D eigenvalue weighted by Gasteiger charge is 2.13. The molecule has 1 aromatic rings. The van der Waals surface area contributed by atoms with E-state index in [9.17, 15) is 0 Å². The minimum atomic E-state index is 0.304. The maximum absolute atomic E-state index is 5.40. The van der Waals surface area contributed by atoms with Gasteiger partial charge in [-0.25, -0.2) is 0 Å². The zero-order chi connectivity index (χ0) is 16.7. The third-order valence-electron chi connectivity index (χ3n) is 4.12. The second kappa shape index (κ2) is 8.62. The van der Waals surface area contributed by atoms with Crippen molar-refractivity contribution < 1.29 is 9.47 Å². The van der Waals surface area contributed by atoms with E-state index < -0.39 is 0 Å². The molecule has 1 heterocycles. The molecule has 1 atom stereocenters. The molecule has 0 aliphatic carbocycles. The van der Waals surface area contributed by atoms with Gasteiger partial charge in [-0.2, -0.15) is 0 Å². The first-order valence-corrected chi connectivity index (χ1v) is 8.25. The number of nitrogens with one attached hydrogen (secondary N) is 2. The quantitative estimate of drug-likeness (QED) is 0.593. The van der Waals surface area contributed by atoms with Crippen LogP contribution < -0.4 is 20.1 Å². The molecule has 0 saturated heterocycles. The average Bonchev–Trinajstić information content (AvgIpc) is 3.03. The molecule has 0 radical (unpaired) electrons. The summed E-state index contributed by atoms with van der Waals surface area (Å²) in [4.78, 5) is 6.69. The SMILES string of the molecule is CCN(CC)C(C)CNC(=NC)NCc1ccc2c(c1)OCO2. The first kappa shape index (κ1) is 17.4. The highest BCUT2D eigenvalue weighted by molar-refractivity contribution is 5.79. The van der Waals surface area contributed by atoms with E-state index in [0.29, 0.717) is 19.4 Å². The molecular weight excluding hydrogens is 292 g/mol. The molecule has 23 heavy (non-hydrogen) atoms. The number of guanidine groups is 1. The van der Waals surface area contributed by atoms with E-state index in [1.165, 1.54) is 0 Å². The molecule has 6 heteroatoms. The van der Waals surface area contributed by atoms with E-state index in [2.05, 4.69) is 41.3 Å². The maximum atomic E-state index is 5.40. The summed E-state index contributed by atoms with van der Waals surface area (Å²) in [6.45, 7) is 10.6. The smallest absolute Gasteiger partial charge is 0.231 e. The van der Waals surface area contributed by atoms with Crippen molar-refractivity contribution in [3.63, 3.8) is 0 Å². The maximum Gasteiger partial charge on any atom is 0.231 e. The molecular formula is C17H28N4O2. The van der Waals surface area contributed by atoms with Gasteiger partial charge in [-0.15, -0.1) is 0 Å². The number of likely N-dealkylation sites (N-methyl/N-ethyl adjacent to an activating group) is 1. The van der Waals surface area contributed by atoms with E-state index in [0.717, 1.165) is 42.7 Å². The molecule has 0 bridgehead atoms. The van der Waals surface area contributed by atoms with Gasteiger partial charge in [0.25, 0.3) is 0 Å². The van der Waals surface area contributed by atoms with Crippen LogP contribution in [0.25, 0.3) is 0 Å². The minimum absolute atomic E-state index is 0.304. The van der Waals surface area contributed by atoms with Gasteiger partial charge >= 0.3 is 0 Å². The van der Waals surface area contributed by atoms with E-state index in [-0.39, 0.29) is 0 Å². The number of hydrogen-bond donors (Lipinski definition) is 2. The zero-order valence-corrected chi connectivity index (χ0v) is 14.6. The van der Waals surface area contributed by atoms with Crippen LogP contribution in [-0.2, 0) is 6.54 Å². The Morgan fingerprint density at radius 1 is 1.22 bits per heavy atom. The van der Waals surface area contributed by atoms with Crippen LogP contribution in [-0.4, -0.2) is 50.4 Å². The van der Waals surface area contributed by atoms with Crippen molar-refractivity contribution >= 4 is 5.96 Å². The molecule has 0 fully saturated rings. The van der Waals surface area contributed by atoms with Crippen LogP contribution in [0.5, 0.6) is 11.5 Å². The Morgan fingerprint density at radius 2 is 1.96 bits per heavy atom. The fraction of sp³-hybridized carbons (Fsp3) is 0.588. The highest BCUT2D eigenvalue weighted by Crippen LogP contribution is 2.32. The molecule has 1 aliphatic heterocycles. The molecule has 1 aromatic carbocycles. The van der Waals surface area contributed by atoms with Crippen molar-refractivity contribution in [3.8, 4) is 11.5 Å². The Bertz CT molecular complexity index is 529. The standard InChI is InChI=1S/C17H28N4O2/c1-5-21(6-2)13(3)10-19-17(18-4)20-11-14-7-8-15-16(9-14)23-12-22-15/h7-9,13H,5-6,10-12H2,1-4H3,(H2,18,19,20). The van der Waals surface area contributed by atoms with E-state index >= 15 is 0 Å². The second-order valence-corrected chi connectivity index (χ2v) is 5.56. The summed E-state index contributed by atoms with van der Waals surface area (Å²) < 4.78 is 10.7. The predicted molar refractivity (Wildman–Crippen MR) is 93.1 cm³/mol. The van der Waals surface area contributed by atoms with Gasteiger partial charge in [-0.1, -0.05) is 19.9 Å². The van der Waals surface area contributed by atoms with Crippen LogP contribution in [0.2, 0.25) is 0 Å². The summed E-state index contributed by atoms with van der Waals surface area (Å²) in [6.07, 6.45) is 0. The number of fused-ring (bicyclic) bond motifs is 1. The van der Waals surface area contributed by atoms with E-state index in [1.807, 2.05) is 18.2 Å². The molecule has 2 rings (SSSR count). The molecule has 1 unspecified atom stereocenters. The van der Waals surface area contributed by atoms with Gasteiger partial charge < -0.3 is 20.1 Å². The van der Waals surface area contributed by atoms with Gasteiger partial charge in [-0.05, 0) is 37.7 Å². The molecule has 0 aromatic heterocycles. The molecule has 2 N–H and O–H groups in total. The van der Waals surface area contributed by atoms with Crippen molar-refractivity contribution in [1.82, 2.24) is 15.5 Å². The summed E-state index contributed by atoms with van der Waals surface area (Å²) in [6, 6.07) is 6.44. The molecule has 128 valence electrons. The van der Waals surface area contributed by atoms with Crippen molar-refractivity contribution in [2.75, 3.05) is 33.5 Å². The molecule has 0 amide bonds. The second-order valence-electron chi connectivity index (χ2n) is 5.56. The van der Waals surface area contributed by atoms with Crippen LogP contribution in [0.3, 0.4) is 0 Å². The molecule has 6 nitrogen and oxygen atoms in total. The number of nitrogens with zero attached hydrogens (tertiary/aromatic N) is 2. The third-order valence-corrected chi connectivity index (χ3v) is 4.12. The van der Waals surface area contributed by atoms with Crippen LogP contribution >= 0.6 is 0 Å². The van der Waals surface area contributed by atoms with Crippen LogP contribution in [0.15, 0.2) is 23.2 Å². The van der Waals surface area contributed by atoms with Crippen molar-refractivity contribution in [1.29, 1.82) is 0 Å².